The average molecular weight is 453 g/mol. The van der Waals surface area contributed by atoms with E-state index in [1.165, 1.54) is 0 Å². The first-order chi connectivity index (χ1) is 15.7. The van der Waals surface area contributed by atoms with Gasteiger partial charge in [-0.25, -0.2) is 9.59 Å². The first-order valence-corrected chi connectivity index (χ1v) is 11.4. The number of carboxylic acids is 1. The number of nitrogens with one attached hydrogen (secondary N) is 2. The van der Waals surface area contributed by atoms with Gasteiger partial charge in [-0.05, 0) is 34.1 Å². The average Bonchev–Trinajstić information content (AvgIpc) is 3.12. The third-order valence-corrected chi connectivity index (χ3v) is 6.34. The molecule has 7 nitrogen and oxygen atoms in total. The molecule has 2 aromatic rings. The summed E-state index contributed by atoms with van der Waals surface area (Å²) in [5, 5.41) is 14.6. The Balaban J connectivity index is 1.69. The Morgan fingerprint density at radius 3 is 1.94 bits per heavy atom. The molecule has 0 saturated heterocycles. The SMILES string of the molecule is CCC(C)C(NC(=O)OCC1c2ccccc2-c2ccccc21)C(=O)N[C@@H](C(=O)O)C(C)C. The molecule has 0 radical (unpaired) electrons. The van der Waals surface area contributed by atoms with E-state index in [4.69, 9.17) is 4.74 Å². The van der Waals surface area contributed by atoms with Gasteiger partial charge in [-0.3, -0.25) is 4.79 Å². The van der Waals surface area contributed by atoms with Crippen molar-refractivity contribution in [2.45, 2.75) is 52.1 Å². The highest BCUT2D eigenvalue weighted by Gasteiger charge is 2.33. The Bertz CT molecular complexity index is 974. The minimum atomic E-state index is -1.11. The summed E-state index contributed by atoms with van der Waals surface area (Å²) in [6.45, 7) is 7.31. The molecule has 0 saturated carbocycles. The molecule has 33 heavy (non-hydrogen) atoms. The van der Waals surface area contributed by atoms with Crippen LogP contribution in [0.5, 0.6) is 0 Å². The van der Waals surface area contributed by atoms with Crippen LogP contribution in [0.25, 0.3) is 11.1 Å². The van der Waals surface area contributed by atoms with Crippen LogP contribution in [0.1, 0.15) is 51.2 Å². The van der Waals surface area contributed by atoms with Crippen molar-refractivity contribution in [1.29, 1.82) is 0 Å². The number of aliphatic carboxylic acids is 1. The molecule has 0 fully saturated rings. The van der Waals surface area contributed by atoms with Crippen LogP contribution in [0.2, 0.25) is 0 Å². The van der Waals surface area contributed by atoms with E-state index < -0.39 is 30.1 Å². The number of carbonyl (C=O) groups is 3. The largest absolute Gasteiger partial charge is 0.480 e. The van der Waals surface area contributed by atoms with Crippen molar-refractivity contribution in [3.8, 4) is 11.1 Å². The third-order valence-electron chi connectivity index (χ3n) is 6.34. The summed E-state index contributed by atoms with van der Waals surface area (Å²) in [4.78, 5) is 37.0. The van der Waals surface area contributed by atoms with Gasteiger partial charge in [0.05, 0.1) is 0 Å². The van der Waals surface area contributed by atoms with Crippen LogP contribution in [0.3, 0.4) is 0 Å². The number of hydrogen-bond acceptors (Lipinski definition) is 4. The first kappa shape index (κ1) is 24.3. The molecule has 1 aliphatic carbocycles. The number of amides is 2. The van der Waals surface area contributed by atoms with Crippen LogP contribution in [0.15, 0.2) is 48.5 Å². The third kappa shape index (κ3) is 5.35. The second kappa shape index (κ2) is 10.5. The van der Waals surface area contributed by atoms with E-state index in [1.54, 1.807) is 13.8 Å². The maximum Gasteiger partial charge on any atom is 0.407 e. The van der Waals surface area contributed by atoms with Crippen molar-refractivity contribution in [3.63, 3.8) is 0 Å². The molecule has 0 aliphatic heterocycles. The van der Waals surface area contributed by atoms with Gasteiger partial charge in [0.2, 0.25) is 5.91 Å². The van der Waals surface area contributed by atoms with Gasteiger partial charge < -0.3 is 20.5 Å². The predicted molar refractivity (Wildman–Crippen MR) is 126 cm³/mol. The fourth-order valence-electron chi connectivity index (χ4n) is 4.23. The summed E-state index contributed by atoms with van der Waals surface area (Å²) < 4.78 is 5.57. The molecule has 7 heteroatoms. The van der Waals surface area contributed by atoms with Crippen LogP contribution in [-0.4, -0.2) is 41.8 Å². The number of alkyl carbamates (subject to hydrolysis) is 1. The summed E-state index contributed by atoms with van der Waals surface area (Å²) in [5.41, 5.74) is 4.47. The van der Waals surface area contributed by atoms with Crippen LogP contribution in [0.4, 0.5) is 4.79 Å². The van der Waals surface area contributed by atoms with Gasteiger partial charge in [0, 0.05) is 5.92 Å². The summed E-state index contributed by atoms with van der Waals surface area (Å²) in [6.07, 6.45) is -0.0741. The second-order valence-electron chi connectivity index (χ2n) is 8.90. The molecule has 0 aromatic heterocycles. The summed E-state index contributed by atoms with van der Waals surface area (Å²) in [5.74, 6) is -2.22. The molecule has 1 aliphatic rings. The summed E-state index contributed by atoms with van der Waals surface area (Å²) in [7, 11) is 0. The van der Waals surface area contributed by atoms with E-state index in [-0.39, 0.29) is 24.4 Å². The van der Waals surface area contributed by atoms with Gasteiger partial charge in [-0.15, -0.1) is 0 Å². The Labute approximate surface area is 194 Å². The number of ether oxygens (including phenoxy) is 1. The van der Waals surface area contributed by atoms with Crippen molar-refractivity contribution in [2.24, 2.45) is 11.8 Å². The van der Waals surface area contributed by atoms with E-state index in [1.807, 2.05) is 50.2 Å². The molecule has 0 bridgehead atoms. The lowest BCUT2D eigenvalue weighted by Gasteiger charge is -2.26. The van der Waals surface area contributed by atoms with Gasteiger partial charge in [-0.2, -0.15) is 0 Å². The van der Waals surface area contributed by atoms with Crippen LogP contribution in [0, 0.1) is 11.8 Å². The van der Waals surface area contributed by atoms with Gasteiger partial charge in [-0.1, -0.05) is 82.6 Å². The molecule has 2 aromatic carbocycles. The lowest BCUT2D eigenvalue weighted by Crippen LogP contribution is -2.55. The molecule has 2 unspecified atom stereocenters. The Kier molecular flexibility index (Phi) is 7.74. The highest BCUT2D eigenvalue weighted by atomic mass is 16.5. The van der Waals surface area contributed by atoms with E-state index in [0.717, 1.165) is 22.3 Å². The van der Waals surface area contributed by atoms with Crippen molar-refractivity contribution in [2.75, 3.05) is 6.61 Å². The molecular formula is C26H32N2O5. The standard InChI is InChI=1S/C26H32N2O5/c1-5-16(4)23(24(29)27-22(15(2)3)25(30)31)28-26(32)33-14-21-19-12-8-6-10-17(19)18-11-7-9-13-20(18)21/h6-13,15-16,21-23H,5,14H2,1-4H3,(H,27,29)(H,28,32)(H,30,31)/t16?,22-,23?/m1/s1. The summed E-state index contributed by atoms with van der Waals surface area (Å²) in [6, 6.07) is 14.2. The van der Waals surface area contributed by atoms with Crippen molar-refractivity contribution < 1.29 is 24.2 Å². The lowest BCUT2D eigenvalue weighted by molar-refractivity contribution is -0.143. The zero-order valence-electron chi connectivity index (χ0n) is 19.5. The number of hydrogen-bond donors (Lipinski definition) is 3. The fraction of sp³-hybridized carbons (Fsp3) is 0.423. The topological polar surface area (TPSA) is 105 Å². The quantitative estimate of drug-likeness (QED) is 0.530. The lowest BCUT2D eigenvalue weighted by atomic mass is 9.97. The van der Waals surface area contributed by atoms with Crippen molar-refractivity contribution in [3.05, 3.63) is 59.7 Å². The zero-order chi connectivity index (χ0) is 24.1. The van der Waals surface area contributed by atoms with Crippen molar-refractivity contribution in [1.82, 2.24) is 10.6 Å². The second-order valence-corrected chi connectivity index (χ2v) is 8.90. The van der Waals surface area contributed by atoms with Gasteiger partial charge >= 0.3 is 12.1 Å². The van der Waals surface area contributed by atoms with E-state index >= 15 is 0 Å². The Morgan fingerprint density at radius 2 is 1.45 bits per heavy atom. The molecular weight excluding hydrogens is 420 g/mol. The van der Waals surface area contributed by atoms with Gasteiger partial charge in [0.15, 0.2) is 0 Å². The number of carboxylic acid groups (broad SMARTS) is 1. The molecule has 3 atom stereocenters. The van der Waals surface area contributed by atoms with Crippen molar-refractivity contribution >= 4 is 18.0 Å². The molecule has 2 amide bonds. The maximum atomic E-state index is 12.8. The Hall–Kier alpha value is -3.35. The molecule has 0 heterocycles. The smallest absolute Gasteiger partial charge is 0.407 e. The zero-order valence-corrected chi connectivity index (χ0v) is 19.5. The monoisotopic (exact) mass is 452 g/mol. The van der Waals surface area contributed by atoms with Gasteiger partial charge in [0.25, 0.3) is 0 Å². The highest BCUT2D eigenvalue weighted by molar-refractivity contribution is 5.89. The normalized spacial score (nSPS) is 15.2. The first-order valence-electron chi connectivity index (χ1n) is 11.4. The van der Waals surface area contributed by atoms with E-state index in [9.17, 15) is 19.5 Å². The predicted octanol–water partition coefficient (Wildman–Crippen LogP) is 4.17. The molecule has 3 rings (SSSR count). The van der Waals surface area contributed by atoms with Crippen LogP contribution < -0.4 is 10.6 Å². The molecule has 0 spiro atoms. The number of fused-ring (bicyclic) bond motifs is 3. The maximum absolute atomic E-state index is 12.8. The molecule has 3 N–H and O–H groups in total. The van der Waals surface area contributed by atoms with Crippen LogP contribution >= 0.6 is 0 Å². The minimum Gasteiger partial charge on any atom is -0.480 e. The van der Waals surface area contributed by atoms with E-state index in [0.29, 0.717) is 6.42 Å². The fourth-order valence-corrected chi connectivity index (χ4v) is 4.23. The number of rotatable bonds is 9. The summed E-state index contributed by atoms with van der Waals surface area (Å²) >= 11 is 0. The number of benzene rings is 2. The Morgan fingerprint density at radius 1 is 0.909 bits per heavy atom. The molecule has 176 valence electrons. The van der Waals surface area contributed by atoms with Gasteiger partial charge in [0.1, 0.15) is 18.7 Å². The van der Waals surface area contributed by atoms with Crippen LogP contribution in [-0.2, 0) is 14.3 Å². The number of carbonyl (C=O) groups excluding carboxylic acids is 2. The highest BCUT2D eigenvalue weighted by Crippen LogP contribution is 2.44. The minimum absolute atomic E-state index is 0.0867. The van der Waals surface area contributed by atoms with E-state index in [2.05, 4.69) is 22.8 Å².